The summed E-state index contributed by atoms with van der Waals surface area (Å²) in [6.45, 7) is 9.31. The van der Waals surface area contributed by atoms with Gasteiger partial charge in [0.25, 0.3) is 0 Å². The molecule has 0 aromatic heterocycles. The SMILES string of the molecule is COC(=O)/C=C1\[C@H]2O[C@H]3[C@@H](OC(=O)C(C)(C)C)C[C@]1(C)O[C@@]23C. The van der Waals surface area contributed by atoms with Crippen LogP contribution in [-0.2, 0) is 28.5 Å². The van der Waals surface area contributed by atoms with Gasteiger partial charge >= 0.3 is 11.9 Å². The molecule has 2 bridgehead atoms. The van der Waals surface area contributed by atoms with Gasteiger partial charge < -0.3 is 18.9 Å². The average Bonchev–Trinajstić information content (AvgIpc) is 2.52. The van der Waals surface area contributed by atoms with Gasteiger partial charge in [0.2, 0.25) is 0 Å². The van der Waals surface area contributed by atoms with Crippen LogP contribution in [0.15, 0.2) is 11.6 Å². The van der Waals surface area contributed by atoms with E-state index in [1.165, 1.54) is 13.2 Å². The molecule has 3 aliphatic rings. The van der Waals surface area contributed by atoms with Crippen LogP contribution in [0.3, 0.4) is 0 Å². The molecule has 0 amide bonds. The number of methoxy groups -OCH3 is 1. The lowest BCUT2D eigenvalue weighted by Crippen LogP contribution is -2.68. The first-order valence-electron chi connectivity index (χ1n) is 7.88. The zero-order chi connectivity index (χ0) is 17.2. The number of esters is 2. The first-order valence-corrected chi connectivity index (χ1v) is 7.88. The molecule has 3 heterocycles. The monoisotopic (exact) mass is 324 g/mol. The minimum absolute atomic E-state index is 0.262. The molecule has 0 aromatic rings. The normalized spacial score (nSPS) is 43.0. The lowest BCUT2D eigenvalue weighted by Gasteiger charge is -2.53. The molecule has 0 radical (unpaired) electrons. The molecule has 6 nitrogen and oxygen atoms in total. The predicted octanol–water partition coefficient (Wildman–Crippen LogP) is 1.76. The number of carbonyl (C=O) groups is 2. The van der Waals surface area contributed by atoms with Crippen molar-refractivity contribution in [1.82, 2.24) is 0 Å². The van der Waals surface area contributed by atoms with Crippen molar-refractivity contribution < 1.29 is 28.5 Å². The van der Waals surface area contributed by atoms with Gasteiger partial charge in [-0.1, -0.05) is 0 Å². The molecule has 0 aromatic carbocycles. The van der Waals surface area contributed by atoms with Crippen LogP contribution in [0.1, 0.15) is 41.0 Å². The van der Waals surface area contributed by atoms with E-state index in [-0.39, 0.29) is 24.3 Å². The van der Waals surface area contributed by atoms with Crippen LogP contribution in [-0.4, -0.2) is 48.6 Å². The summed E-state index contributed by atoms with van der Waals surface area (Å²) in [5.41, 5.74) is -1.08. The maximum absolute atomic E-state index is 12.2. The van der Waals surface area contributed by atoms with Crippen LogP contribution in [0.25, 0.3) is 0 Å². The molecule has 3 saturated heterocycles. The highest BCUT2D eigenvalue weighted by Crippen LogP contribution is 2.60. The first kappa shape index (κ1) is 16.5. The van der Waals surface area contributed by atoms with Gasteiger partial charge in [-0.25, -0.2) is 4.79 Å². The summed E-state index contributed by atoms with van der Waals surface area (Å²) >= 11 is 0. The fraction of sp³-hybridized carbons (Fsp3) is 0.765. The summed E-state index contributed by atoms with van der Waals surface area (Å²) in [4.78, 5) is 23.9. The summed E-state index contributed by atoms with van der Waals surface area (Å²) in [5, 5.41) is 0. The van der Waals surface area contributed by atoms with Crippen LogP contribution in [0.5, 0.6) is 0 Å². The molecule has 0 unspecified atom stereocenters. The number of fused-ring (bicyclic) bond motifs is 1. The first-order chi connectivity index (χ1) is 10.5. The lowest BCUT2D eigenvalue weighted by atomic mass is 9.82. The van der Waals surface area contributed by atoms with Crippen molar-refractivity contribution in [2.75, 3.05) is 7.11 Å². The van der Waals surface area contributed by atoms with E-state index >= 15 is 0 Å². The second kappa shape index (κ2) is 4.80. The molecule has 128 valence electrons. The van der Waals surface area contributed by atoms with Crippen LogP contribution in [0, 0.1) is 5.41 Å². The third-order valence-corrected chi connectivity index (χ3v) is 4.98. The number of hydrogen-bond acceptors (Lipinski definition) is 6. The highest BCUT2D eigenvalue weighted by Gasteiger charge is 2.73. The highest BCUT2D eigenvalue weighted by molar-refractivity contribution is 5.83. The van der Waals surface area contributed by atoms with Gasteiger partial charge in [-0.05, 0) is 34.6 Å². The lowest BCUT2D eigenvalue weighted by molar-refractivity contribution is -0.325. The highest BCUT2D eigenvalue weighted by atomic mass is 16.7. The standard InChI is InChI=1S/C17H24O6/c1-15(2,3)14(19)21-10-8-16(4)9(7-11(18)20-6)12-17(5,23-16)13(10)22-12/h7,10,12-13H,8H2,1-6H3/b9-7+/t10-,12+,13-,16-,17-/m0/s1. The fourth-order valence-electron chi connectivity index (χ4n) is 3.75. The third-order valence-electron chi connectivity index (χ3n) is 4.98. The van der Waals surface area contributed by atoms with E-state index in [0.29, 0.717) is 6.42 Å². The summed E-state index contributed by atoms with van der Waals surface area (Å²) in [6, 6.07) is 0. The minimum atomic E-state index is -0.691. The Kier molecular flexibility index (Phi) is 3.44. The number of rotatable bonds is 2. The Labute approximate surface area is 136 Å². The van der Waals surface area contributed by atoms with Gasteiger partial charge in [0.1, 0.15) is 23.9 Å². The van der Waals surface area contributed by atoms with Crippen molar-refractivity contribution in [3.8, 4) is 0 Å². The molecule has 0 saturated carbocycles. The van der Waals surface area contributed by atoms with E-state index in [9.17, 15) is 9.59 Å². The second-order valence-corrected chi connectivity index (χ2v) is 7.97. The smallest absolute Gasteiger partial charge is 0.330 e. The second-order valence-electron chi connectivity index (χ2n) is 7.97. The molecular weight excluding hydrogens is 300 g/mol. The molecule has 0 aliphatic carbocycles. The van der Waals surface area contributed by atoms with Crippen LogP contribution in [0.4, 0.5) is 0 Å². The topological polar surface area (TPSA) is 71.1 Å². The van der Waals surface area contributed by atoms with E-state index in [4.69, 9.17) is 18.9 Å². The molecule has 5 atom stereocenters. The van der Waals surface area contributed by atoms with Crippen molar-refractivity contribution in [2.45, 2.75) is 70.6 Å². The van der Waals surface area contributed by atoms with Gasteiger partial charge in [-0.3, -0.25) is 4.79 Å². The summed E-state index contributed by atoms with van der Waals surface area (Å²) in [6.07, 6.45) is 0.921. The minimum Gasteiger partial charge on any atom is -0.466 e. The Morgan fingerprint density at radius 1 is 1.30 bits per heavy atom. The van der Waals surface area contributed by atoms with Gasteiger partial charge in [0.05, 0.1) is 18.1 Å². The average molecular weight is 324 g/mol. The van der Waals surface area contributed by atoms with Gasteiger partial charge in [0.15, 0.2) is 0 Å². The maximum Gasteiger partial charge on any atom is 0.330 e. The van der Waals surface area contributed by atoms with Crippen molar-refractivity contribution >= 4 is 11.9 Å². The van der Waals surface area contributed by atoms with Crippen molar-refractivity contribution in [2.24, 2.45) is 5.41 Å². The van der Waals surface area contributed by atoms with Crippen LogP contribution < -0.4 is 0 Å². The Hall–Kier alpha value is -1.40. The molecule has 23 heavy (non-hydrogen) atoms. The van der Waals surface area contributed by atoms with E-state index < -0.39 is 22.6 Å². The molecule has 3 aliphatic heterocycles. The van der Waals surface area contributed by atoms with Gasteiger partial charge in [0, 0.05) is 18.1 Å². The zero-order valence-corrected chi connectivity index (χ0v) is 14.5. The number of hydrogen-bond donors (Lipinski definition) is 0. The molecule has 0 spiro atoms. The van der Waals surface area contributed by atoms with Crippen LogP contribution in [0.2, 0.25) is 0 Å². The van der Waals surface area contributed by atoms with Crippen LogP contribution >= 0.6 is 0 Å². The zero-order valence-electron chi connectivity index (χ0n) is 14.5. The third kappa shape index (κ3) is 2.31. The Morgan fingerprint density at radius 3 is 2.52 bits per heavy atom. The fourth-order valence-corrected chi connectivity index (χ4v) is 3.75. The van der Waals surface area contributed by atoms with E-state index in [1.54, 1.807) is 0 Å². The Balaban J connectivity index is 1.88. The Morgan fingerprint density at radius 2 is 1.96 bits per heavy atom. The quantitative estimate of drug-likeness (QED) is 0.569. The van der Waals surface area contributed by atoms with Crippen molar-refractivity contribution in [3.63, 3.8) is 0 Å². The summed E-state index contributed by atoms with van der Waals surface area (Å²) in [7, 11) is 1.34. The summed E-state index contributed by atoms with van der Waals surface area (Å²) < 4.78 is 22.6. The molecular formula is C17H24O6. The summed E-state index contributed by atoms with van der Waals surface area (Å²) in [5.74, 6) is -0.696. The van der Waals surface area contributed by atoms with E-state index in [2.05, 4.69) is 0 Å². The largest absolute Gasteiger partial charge is 0.466 e. The van der Waals surface area contributed by atoms with Gasteiger partial charge in [-0.15, -0.1) is 0 Å². The molecule has 0 N–H and O–H groups in total. The molecule has 6 heteroatoms. The van der Waals surface area contributed by atoms with Crippen molar-refractivity contribution in [3.05, 3.63) is 11.6 Å². The van der Waals surface area contributed by atoms with Gasteiger partial charge in [-0.2, -0.15) is 0 Å². The maximum atomic E-state index is 12.2. The predicted molar refractivity (Wildman–Crippen MR) is 80.6 cm³/mol. The van der Waals surface area contributed by atoms with E-state index in [1.807, 2.05) is 34.6 Å². The van der Waals surface area contributed by atoms with E-state index in [0.717, 1.165) is 5.57 Å². The Bertz CT molecular complexity index is 588. The van der Waals surface area contributed by atoms with Crippen molar-refractivity contribution in [1.29, 1.82) is 0 Å². The number of carbonyl (C=O) groups excluding carboxylic acids is 2. The molecule has 3 fully saturated rings. The number of ether oxygens (including phenoxy) is 4. The molecule has 3 rings (SSSR count).